The number of rotatable bonds is 2. The van der Waals surface area contributed by atoms with Crippen LogP contribution >= 0.6 is 0 Å². The quantitative estimate of drug-likeness (QED) is 0.575. The molecule has 1 heterocycles. The first-order valence-electron chi connectivity index (χ1n) is 5.25. The van der Waals surface area contributed by atoms with Gasteiger partial charge in [0.15, 0.2) is 0 Å². The van der Waals surface area contributed by atoms with Crippen LogP contribution in [0.4, 0.5) is 0 Å². The molecule has 1 fully saturated rings. The third-order valence-electron chi connectivity index (χ3n) is 3.00. The van der Waals surface area contributed by atoms with Crippen molar-refractivity contribution in [3.05, 3.63) is 0 Å². The van der Waals surface area contributed by atoms with Crippen LogP contribution in [-0.4, -0.2) is 37.3 Å². The third-order valence-corrected chi connectivity index (χ3v) is 3.00. The summed E-state index contributed by atoms with van der Waals surface area (Å²) in [6.07, 6.45) is 1.25. The maximum atomic E-state index is 11.4. The lowest BCUT2D eigenvalue weighted by Crippen LogP contribution is -2.35. The van der Waals surface area contributed by atoms with Gasteiger partial charge in [0.25, 0.3) is 0 Å². The second-order valence-electron chi connectivity index (χ2n) is 4.05. The molecule has 1 aliphatic rings. The maximum Gasteiger partial charge on any atom is 0.222 e. The number of amides is 1. The molecule has 3 N–H and O–H groups in total. The number of carbonyl (C=O) groups is 1. The highest BCUT2D eigenvalue weighted by atomic mass is 16.3. The lowest BCUT2D eigenvalue weighted by atomic mass is 9.88. The van der Waals surface area contributed by atoms with E-state index in [0.717, 1.165) is 25.9 Å². The zero-order valence-corrected chi connectivity index (χ0v) is 8.92. The molecule has 4 nitrogen and oxygen atoms in total. The summed E-state index contributed by atoms with van der Waals surface area (Å²) in [6, 6.07) is 0. The average Bonchev–Trinajstić information content (AvgIpc) is 2.40. The number of aliphatic hydroxyl groups is 1. The molecular weight excluding hydrogens is 180 g/mol. The Kier molecular flexibility index (Phi) is 4.35. The number of nitrogens with one attached hydrogen (secondary N) is 2. The number of hydrogen-bond acceptors (Lipinski definition) is 3. The molecule has 0 spiro atoms. The van der Waals surface area contributed by atoms with Gasteiger partial charge in [-0.3, -0.25) is 4.79 Å². The fourth-order valence-electron chi connectivity index (χ4n) is 1.93. The Hall–Kier alpha value is -0.610. The van der Waals surface area contributed by atoms with Crippen LogP contribution in [0, 0.1) is 11.8 Å². The molecule has 1 aliphatic heterocycles. The van der Waals surface area contributed by atoms with E-state index in [1.165, 1.54) is 0 Å². The summed E-state index contributed by atoms with van der Waals surface area (Å²) in [5.41, 5.74) is 0. The van der Waals surface area contributed by atoms with Crippen molar-refractivity contribution >= 4 is 5.91 Å². The number of carbonyl (C=O) groups excluding carboxylic acids is 1. The van der Waals surface area contributed by atoms with E-state index in [2.05, 4.69) is 10.6 Å². The van der Waals surface area contributed by atoms with Crippen molar-refractivity contribution in [2.45, 2.75) is 25.9 Å². The Morgan fingerprint density at radius 1 is 1.64 bits per heavy atom. The van der Waals surface area contributed by atoms with Crippen LogP contribution in [0.25, 0.3) is 0 Å². The molecule has 3 unspecified atom stereocenters. The predicted molar refractivity (Wildman–Crippen MR) is 54.8 cm³/mol. The highest BCUT2D eigenvalue weighted by Crippen LogP contribution is 2.20. The highest BCUT2D eigenvalue weighted by molar-refractivity contribution is 5.78. The van der Waals surface area contributed by atoms with Crippen molar-refractivity contribution in [3.63, 3.8) is 0 Å². The van der Waals surface area contributed by atoms with Crippen LogP contribution in [0.15, 0.2) is 0 Å². The van der Waals surface area contributed by atoms with Crippen molar-refractivity contribution < 1.29 is 9.90 Å². The fourth-order valence-corrected chi connectivity index (χ4v) is 1.93. The Morgan fingerprint density at radius 2 is 2.36 bits per heavy atom. The molecule has 14 heavy (non-hydrogen) atoms. The van der Waals surface area contributed by atoms with Gasteiger partial charge in [-0.1, -0.05) is 6.92 Å². The van der Waals surface area contributed by atoms with Crippen LogP contribution < -0.4 is 10.6 Å². The van der Waals surface area contributed by atoms with Gasteiger partial charge in [-0.2, -0.15) is 0 Å². The van der Waals surface area contributed by atoms with Gasteiger partial charge in [-0.05, 0) is 31.8 Å². The van der Waals surface area contributed by atoms with E-state index >= 15 is 0 Å². The van der Waals surface area contributed by atoms with E-state index < -0.39 is 0 Å². The average molecular weight is 200 g/mol. The first-order valence-corrected chi connectivity index (χ1v) is 5.25. The Balaban J connectivity index is 2.52. The number of aliphatic hydroxyl groups excluding tert-OH is 1. The first kappa shape index (κ1) is 11.5. The van der Waals surface area contributed by atoms with Crippen LogP contribution in [0.2, 0.25) is 0 Å². The summed E-state index contributed by atoms with van der Waals surface area (Å²) >= 11 is 0. The molecule has 0 saturated carbocycles. The molecule has 1 rings (SSSR count). The van der Waals surface area contributed by atoms with Gasteiger partial charge in [0, 0.05) is 13.0 Å². The lowest BCUT2D eigenvalue weighted by Gasteiger charge is -2.22. The standard InChI is InChI=1S/C10H20N2O2/c1-7(10(14)11-2)8-5-9(13)3-4-12-6-8/h7-9,12-13H,3-6H2,1-2H3,(H,11,14). The van der Waals surface area contributed by atoms with E-state index in [0.29, 0.717) is 0 Å². The molecule has 3 atom stereocenters. The summed E-state index contributed by atoms with van der Waals surface area (Å²) in [4.78, 5) is 11.4. The van der Waals surface area contributed by atoms with Crippen LogP contribution in [0.3, 0.4) is 0 Å². The van der Waals surface area contributed by atoms with E-state index in [9.17, 15) is 9.90 Å². The van der Waals surface area contributed by atoms with Gasteiger partial charge in [-0.15, -0.1) is 0 Å². The molecule has 0 aromatic carbocycles. The van der Waals surface area contributed by atoms with Gasteiger partial charge >= 0.3 is 0 Å². The van der Waals surface area contributed by atoms with Gasteiger partial charge in [0.05, 0.1) is 6.10 Å². The topological polar surface area (TPSA) is 61.4 Å². The molecule has 1 saturated heterocycles. The van der Waals surface area contributed by atoms with E-state index in [1.807, 2.05) is 6.92 Å². The third kappa shape index (κ3) is 2.96. The molecule has 0 bridgehead atoms. The van der Waals surface area contributed by atoms with Crippen molar-refractivity contribution in [1.82, 2.24) is 10.6 Å². The smallest absolute Gasteiger partial charge is 0.222 e. The summed E-state index contributed by atoms with van der Waals surface area (Å²) in [5.74, 6) is 0.276. The monoisotopic (exact) mass is 200 g/mol. The zero-order chi connectivity index (χ0) is 10.6. The Morgan fingerprint density at radius 3 is 3.00 bits per heavy atom. The molecule has 0 aromatic heterocycles. The van der Waals surface area contributed by atoms with Crippen molar-refractivity contribution in [1.29, 1.82) is 0 Å². The minimum absolute atomic E-state index is 0.0275. The van der Waals surface area contributed by atoms with Crippen LogP contribution in [-0.2, 0) is 4.79 Å². The SMILES string of the molecule is CNC(=O)C(C)C1CNCCC(O)C1. The van der Waals surface area contributed by atoms with Gasteiger partial charge in [-0.25, -0.2) is 0 Å². The molecule has 0 aliphatic carbocycles. The molecule has 0 radical (unpaired) electrons. The number of hydrogen-bond donors (Lipinski definition) is 3. The normalized spacial score (nSPS) is 30.5. The van der Waals surface area contributed by atoms with Crippen LogP contribution in [0.5, 0.6) is 0 Å². The van der Waals surface area contributed by atoms with E-state index in [-0.39, 0.29) is 23.8 Å². The van der Waals surface area contributed by atoms with Gasteiger partial charge in [0.1, 0.15) is 0 Å². The van der Waals surface area contributed by atoms with Gasteiger partial charge < -0.3 is 15.7 Å². The summed E-state index contributed by atoms with van der Waals surface area (Å²) < 4.78 is 0. The van der Waals surface area contributed by atoms with Crippen molar-refractivity contribution in [2.24, 2.45) is 11.8 Å². The van der Waals surface area contributed by atoms with E-state index in [1.54, 1.807) is 7.05 Å². The molecule has 82 valence electrons. The summed E-state index contributed by atoms with van der Waals surface area (Å²) in [5, 5.41) is 15.5. The second-order valence-corrected chi connectivity index (χ2v) is 4.05. The predicted octanol–water partition coefficient (Wildman–Crippen LogP) is -0.271. The Labute approximate surface area is 85.1 Å². The van der Waals surface area contributed by atoms with Crippen molar-refractivity contribution in [2.75, 3.05) is 20.1 Å². The lowest BCUT2D eigenvalue weighted by molar-refractivity contribution is -0.125. The molecule has 4 heteroatoms. The van der Waals surface area contributed by atoms with Gasteiger partial charge in [0.2, 0.25) is 5.91 Å². The molecule has 1 amide bonds. The van der Waals surface area contributed by atoms with E-state index in [4.69, 9.17) is 0 Å². The highest BCUT2D eigenvalue weighted by Gasteiger charge is 2.26. The largest absolute Gasteiger partial charge is 0.393 e. The van der Waals surface area contributed by atoms with Crippen molar-refractivity contribution in [3.8, 4) is 0 Å². The minimum atomic E-state index is -0.262. The minimum Gasteiger partial charge on any atom is -0.393 e. The fraction of sp³-hybridized carbons (Fsp3) is 0.900. The molecule has 0 aromatic rings. The summed E-state index contributed by atoms with van der Waals surface area (Å²) in [6.45, 7) is 3.59. The second kappa shape index (κ2) is 5.32. The van der Waals surface area contributed by atoms with Crippen LogP contribution in [0.1, 0.15) is 19.8 Å². The summed E-state index contributed by atoms with van der Waals surface area (Å²) in [7, 11) is 1.65. The Bertz CT molecular complexity index is 197. The zero-order valence-electron chi connectivity index (χ0n) is 8.92. The maximum absolute atomic E-state index is 11.4. The molecular formula is C10H20N2O2. The first-order chi connectivity index (χ1) is 6.65.